The maximum absolute atomic E-state index is 12.8. The molecule has 0 saturated heterocycles. The van der Waals surface area contributed by atoms with Crippen LogP contribution in [0.25, 0.3) is 0 Å². The van der Waals surface area contributed by atoms with Gasteiger partial charge in [-0.1, -0.05) is 0 Å². The average molecular weight is 277 g/mol. The van der Waals surface area contributed by atoms with E-state index in [1.54, 1.807) is 0 Å². The highest BCUT2D eigenvalue weighted by atomic mass is 19.4. The number of nitrogens with zero attached hydrogens (tertiary/aromatic N) is 3. The highest BCUT2D eigenvalue weighted by Gasteiger charge is 2.34. The molecule has 0 radical (unpaired) electrons. The highest BCUT2D eigenvalue weighted by molar-refractivity contribution is 5.47. The van der Waals surface area contributed by atoms with Gasteiger partial charge in [0, 0.05) is 5.56 Å². The fraction of sp³-hybridized carbons (Fsp3) is 0.300. The first kappa shape index (κ1) is 14.6. The van der Waals surface area contributed by atoms with E-state index in [1.807, 2.05) is 0 Å². The molecule has 9 heteroatoms. The van der Waals surface area contributed by atoms with Crippen LogP contribution in [0.15, 0.2) is 6.20 Å². The van der Waals surface area contributed by atoms with Crippen LogP contribution in [-0.4, -0.2) is 11.3 Å². The van der Waals surface area contributed by atoms with Gasteiger partial charge in [0.25, 0.3) is 6.43 Å². The Morgan fingerprint density at radius 3 is 2.37 bits per heavy atom. The van der Waals surface area contributed by atoms with E-state index in [2.05, 4.69) is 9.72 Å². The molecule has 0 unspecified atom stereocenters. The van der Waals surface area contributed by atoms with E-state index in [9.17, 15) is 22.0 Å². The summed E-state index contributed by atoms with van der Waals surface area (Å²) in [6.07, 6.45) is -8.63. The van der Waals surface area contributed by atoms with Crippen molar-refractivity contribution in [1.29, 1.82) is 10.5 Å². The standard InChI is InChI=1S/C10H4F5N3O/c11-9(12)8-5(1-2-16)7(19-10(13,14)15)4-18-6(8)3-17/h4,9H,1H2. The van der Waals surface area contributed by atoms with Crippen molar-refractivity contribution in [3.63, 3.8) is 0 Å². The zero-order chi connectivity index (χ0) is 14.6. The summed E-state index contributed by atoms with van der Waals surface area (Å²) in [5, 5.41) is 17.1. The number of ether oxygens (including phenoxy) is 1. The van der Waals surface area contributed by atoms with Gasteiger partial charge < -0.3 is 4.74 Å². The summed E-state index contributed by atoms with van der Waals surface area (Å²) in [6, 6.07) is 2.77. The van der Waals surface area contributed by atoms with Gasteiger partial charge in [0.2, 0.25) is 0 Å². The molecule has 4 nitrogen and oxygen atoms in total. The predicted octanol–water partition coefficient (Wildman–Crippen LogP) is 2.86. The largest absolute Gasteiger partial charge is 0.573 e. The molecule has 0 amide bonds. The van der Waals surface area contributed by atoms with Crippen LogP contribution in [0.4, 0.5) is 22.0 Å². The lowest BCUT2D eigenvalue weighted by atomic mass is 10.0. The number of hydrogen-bond acceptors (Lipinski definition) is 4. The van der Waals surface area contributed by atoms with Gasteiger partial charge in [-0.2, -0.15) is 10.5 Å². The molecular formula is C10H4F5N3O. The zero-order valence-electron chi connectivity index (χ0n) is 9.00. The molecule has 1 aromatic heterocycles. The molecule has 0 aromatic carbocycles. The number of rotatable bonds is 3. The molecule has 19 heavy (non-hydrogen) atoms. The van der Waals surface area contributed by atoms with Crippen molar-refractivity contribution >= 4 is 0 Å². The van der Waals surface area contributed by atoms with Gasteiger partial charge in [0.05, 0.1) is 24.3 Å². The molecule has 0 N–H and O–H groups in total. The Morgan fingerprint density at radius 1 is 1.32 bits per heavy atom. The van der Waals surface area contributed by atoms with Gasteiger partial charge in [-0.25, -0.2) is 13.8 Å². The van der Waals surface area contributed by atoms with Crippen LogP contribution in [0.5, 0.6) is 5.75 Å². The number of aromatic nitrogens is 1. The molecule has 0 aliphatic rings. The van der Waals surface area contributed by atoms with Crippen molar-refractivity contribution in [1.82, 2.24) is 4.98 Å². The molecule has 0 bridgehead atoms. The van der Waals surface area contributed by atoms with Gasteiger partial charge in [-0.05, 0) is 0 Å². The van der Waals surface area contributed by atoms with Gasteiger partial charge in [0.15, 0.2) is 5.75 Å². The minimum absolute atomic E-state index is 0.491. The molecule has 0 spiro atoms. The number of halogens is 5. The fourth-order valence-corrected chi connectivity index (χ4v) is 1.34. The smallest absolute Gasteiger partial charge is 0.404 e. The predicted molar refractivity (Wildman–Crippen MR) is 49.9 cm³/mol. The van der Waals surface area contributed by atoms with E-state index in [4.69, 9.17) is 10.5 Å². The highest BCUT2D eigenvalue weighted by Crippen LogP contribution is 2.34. The van der Waals surface area contributed by atoms with Crippen molar-refractivity contribution in [2.75, 3.05) is 0 Å². The SMILES string of the molecule is N#CCc1c(OC(F)(F)F)cnc(C#N)c1C(F)F. The second-order valence-corrected chi connectivity index (χ2v) is 3.16. The maximum atomic E-state index is 12.8. The molecule has 0 saturated carbocycles. The lowest BCUT2D eigenvalue weighted by Gasteiger charge is -2.15. The van der Waals surface area contributed by atoms with Crippen LogP contribution in [0.3, 0.4) is 0 Å². The normalized spacial score (nSPS) is 10.9. The Kier molecular flexibility index (Phi) is 4.22. The van der Waals surface area contributed by atoms with E-state index in [1.165, 1.54) is 12.1 Å². The molecule has 1 rings (SSSR count). The van der Waals surface area contributed by atoms with Gasteiger partial charge in [0.1, 0.15) is 11.8 Å². The van der Waals surface area contributed by atoms with Crippen LogP contribution >= 0.6 is 0 Å². The van der Waals surface area contributed by atoms with Crippen molar-refractivity contribution in [3.8, 4) is 17.9 Å². The third kappa shape index (κ3) is 3.52. The summed E-state index contributed by atoms with van der Waals surface area (Å²) in [5.74, 6) is -1.01. The van der Waals surface area contributed by atoms with Crippen molar-refractivity contribution in [2.24, 2.45) is 0 Å². The number of pyridine rings is 1. The van der Waals surface area contributed by atoms with Crippen molar-refractivity contribution in [2.45, 2.75) is 19.2 Å². The summed E-state index contributed by atoms with van der Waals surface area (Å²) in [6.45, 7) is 0. The number of hydrogen-bond donors (Lipinski definition) is 0. The van der Waals surface area contributed by atoms with E-state index < -0.39 is 41.8 Å². The Hall–Kier alpha value is -2.42. The van der Waals surface area contributed by atoms with Crippen LogP contribution in [0, 0.1) is 22.7 Å². The third-order valence-electron chi connectivity index (χ3n) is 1.99. The molecular weight excluding hydrogens is 273 g/mol. The Balaban J connectivity index is 3.46. The quantitative estimate of drug-likeness (QED) is 0.796. The topological polar surface area (TPSA) is 69.7 Å². The number of nitriles is 2. The second-order valence-electron chi connectivity index (χ2n) is 3.16. The lowest BCUT2D eigenvalue weighted by molar-refractivity contribution is -0.275. The maximum Gasteiger partial charge on any atom is 0.573 e. The van der Waals surface area contributed by atoms with Crippen LogP contribution in [-0.2, 0) is 6.42 Å². The minimum Gasteiger partial charge on any atom is -0.404 e. The molecule has 0 fully saturated rings. The van der Waals surface area contributed by atoms with E-state index in [0.29, 0.717) is 6.20 Å². The van der Waals surface area contributed by atoms with E-state index in [-0.39, 0.29) is 0 Å². The molecule has 1 heterocycles. The average Bonchev–Trinajstić information content (AvgIpc) is 2.28. The summed E-state index contributed by atoms with van der Waals surface area (Å²) < 4.78 is 65.3. The first-order valence-corrected chi connectivity index (χ1v) is 4.63. The second kappa shape index (κ2) is 5.48. The van der Waals surface area contributed by atoms with E-state index in [0.717, 1.165) is 0 Å². The first-order valence-electron chi connectivity index (χ1n) is 4.63. The summed E-state index contributed by atoms with van der Waals surface area (Å²) >= 11 is 0. The summed E-state index contributed by atoms with van der Waals surface area (Å²) in [5.41, 5.74) is -2.46. The third-order valence-corrected chi connectivity index (χ3v) is 1.99. The minimum atomic E-state index is -5.11. The monoisotopic (exact) mass is 277 g/mol. The first-order chi connectivity index (χ1) is 8.80. The van der Waals surface area contributed by atoms with Gasteiger partial charge in [-0.3, -0.25) is 0 Å². The van der Waals surface area contributed by atoms with Gasteiger partial charge >= 0.3 is 6.36 Å². The lowest BCUT2D eigenvalue weighted by Crippen LogP contribution is -2.19. The number of alkyl halides is 5. The summed E-state index contributed by atoms with van der Waals surface area (Å²) in [4.78, 5) is 3.17. The Morgan fingerprint density at radius 2 is 1.95 bits per heavy atom. The Bertz CT molecular complexity index is 556. The van der Waals surface area contributed by atoms with Gasteiger partial charge in [-0.15, -0.1) is 13.2 Å². The van der Waals surface area contributed by atoms with Crippen LogP contribution in [0.2, 0.25) is 0 Å². The van der Waals surface area contributed by atoms with Crippen molar-refractivity contribution < 1.29 is 26.7 Å². The van der Waals surface area contributed by atoms with E-state index >= 15 is 0 Å². The molecule has 1 aromatic rings. The Labute approximate surface area is 103 Å². The fourth-order valence-electron chi connectivity index (χ4n) is 1.34. The van der Waals surface area contributed by atoms with Crippen LogP contribution < -0.4 is 4.74 Å². The van der Waals surface area contributed by atoms with Crippen molar-refractivity contribution in [3.05, 3.63) is 23.0 Å². The van der Waals surface area contributed by atoms with Crippen LogP contribution in [0.1, 0.15) is 23.2 Å². The summed E-state index contributed by atoms with van der Waals surface area (Å²) in [7, 11) is 0. The molecule has 0 atom stereocenters. The zero-order valence-corrected chi connectivity index (χ0v) is 9.00. The molecule has 0 aliphatic heterocycles. The molecule has 100 valence electrons. The molecule has 0 aliphatic carbocycles.